The molecule has 0 aromatic carbocycles. The summed E-state index contributed by atoms with van der Waals surface area (Å²) in [5, 5.41) is 13.6. The number of aromatic nitrogens is 1. The van der Waals surface area contributed by atoms with Gasteiger partial charge in [0.15, 0.2) is 0 Å². The molecule has 0 aliphatic heterocycles. The van der Waals surface area contributed by atoms with Crippen LogP contribution in [0, 0.1) is 22.5 Å². The second-order valence-corrected chi connectivity index (χ2v) is 3.28. The van der Waals surface area contributed by atoms with Crippen molar-refractivity contribution in [2.45, 2.75) is 25.8 Å². The number of nitro groups is 1. The van der Waals surface area contributed by atoms with E-state index in [1.807, 2.05) is 6.92 Å². The summed E-state index contributed by atoms with van der Waals surface area (Å²) < 4.78 is 0. The molecule has 0 radical (unpaired) electrons. The van der Waals surface area contributed by atoms with E-state index in [0.717, 1.165) is 12.8 Å². The van der Waals surface area contributed by atoms with Crippen LogP contribution in [0.2, 0.25) is 0 Å². The smallest absolute Gasteiger partial charge is 0.365 e. The zero-order chi connectivity index (χ0) is 12.0. The molecule has 1 heterocycles. The maximum atomic E-state index is 10.7. The summed E-state index contributed by atoms with van der Waals surface area (Å²) in [5.41, 5.74) is 0.365. The van der Waals surface area contributed by atoms with Gasteiger partial charge in [-0.05, 0) is 28.5 Å². The zero-order valence-corrected chi connectivity index (χ0v) is 9.01. The van der Waals surface area contributed by atoms with Crippen LogP contribution in [0.15, 0.2) is 18.3 Å². The highest BCUT2D eigenvalue weighted by molar-refractivity contribution is 5.57. The lowest BCUT2D eigenvalue weighted by molar-refractivity contribution is -0.388. The molecule has 84 valence electrons. The van der Waals surface area contributed by atoms with Gasteiger partial charge in [0.05, 0.1) is 6.04 Å². The summed E-state index contributed by atoms with van der Waals surface area (Å²) >= 11 is 0. The summed E-state index contributed by atoms with van der Waals surface area (Å²) in [4.78, 5) is 13.9. The first-order valence-electron chi connectivity index (χ1n) is 5.01. The first kappa shape index (κ1) is 12.0. The van der Waals surface area contributed by atoms with Crippen LogP contribution in [0.4, 0.5) is 11.5 Å². The quantitative estimate of drug-likeness (QED) is 0.468. The van der Waals surface area contributed by atoms with Crippen molar-refractivity contribution >= 4 is 11.5 Å². The SMILES string of the molecule is C#CC(CCC)Nc1cccnc1[N+](=O)[O-]. The highest BCUT2D eigenvalue weighted by atomic mass is 16.6. The molecule has 1 aromatic rings. The predicted molar refractivity (Wildman–Crippen MR) is 62.0 cm³/mol. The normalized spacial score (nSPS) is 11.5. The van der Waals surface area contributed by atoms with Crippen LogP contribution in [0.1, 0.15) is 19.8 Å². The first-order chi connectivity index (χ1) is 7.69. The Morgan fingerprint density at radius 2 is 2.50 bits per heavy atom. The number of nitrogens with one attached hydrogen (secondary N) is 1. The van der Waals surface area contributed by atoms with Crippen molar-refractivity contribution in [2.24, 2.45) is 0 Å². The monoisotopic (exact) mass is 219 g/mol. The van der Waals surface area contributed by atoms with E-state index in [-0.39, 0.29) is 11.9 Å². The third-order valence-electron chi connectivity index (χ3n) is 2.07. The van der Waals surface area contributed by atoms with Gasteiger partial charge in [0, 0.05) is 0 Å². The second kappa shape index (κ2) is 5.71. The highest BCUT2D eigenvalue weighted by Gasteiger charge is 2.16. The van der Waals surface area contributed by atoms with Gasteiger partial charge < -0.3 is 15.4 Å². The minimum atomic E-state index is -0.526. The lowest BCUT2D eigenvalue weighted by Crippen LogP contribution is -2.17. The van der Waals surface area contributed by atoms with E-state index in [1.165, 1.54) is 6.20 Å². The fourth-order valence-electron chi connectivity index (χ4n) is 1.33. The number of hydrogen-bond acceptors (Lipinski definition) is 4. The van der Waals surface area contributed by atoms with Crippen molar-refractivity contribution in [3.8, 4) is 12.3 Å². The van der Waals surface area contributed by atoms with Crippen molar-refractivity contribution < 1.29 is 4.92 Å². The van der Waals surface area contributed by atoms with E-state index in [4.69, 9.17) is 6.42 Å². The molecule has 0 spiro atoms. The van der Waals surface area contributed by atoms with E-state index in [2.05, 4.69) is 16.2 Å². The van der Waals surface area contributed by atoms with Crippen LogP contribution in [0.5, 0.6) is 0 Å². The summed E-state index contributed by atoms with van der Waals surface area (Å²) in [6, 6.07) is 3.04. The topological polar surface area (TPSA) is 68.1 Å². The van der Waals surface area contributed by atoms with Gasteiger partial charge in [-0.25, -0.2) is 0 Å². The van der Waals surface area contributed by atoms with Gasteiger partial charge in [-0.15, -0.1) is 6.42 Å². The van der Waals surface area contributed by atoms with E-state index < -0.39 is 4.92 Å². The van der Waals surface area contributed by atoms with Gasteiger partial charge in [0.1, 0.15) is 11.9 Å². The molecule has 0 bridgehead atoms. The Bertz CT molecular complexity index is 412. The van der Waals surface area contributed by atoms with Crippen molar-refractivity contribution in [3.05, 3.63) is 28.4 Å². The van der Waals surface area contributed by atoms with Crippen LogP contribution in [0.3, 0.4) is 0 Å². The standard InChI is InChI=1S/C11H13N3O2/c1-3-6-9(4-2)13-10-7-5-8-12-11(10)14(15)16/h2,5,7-9,13H,3,6H2,1H3. The molecule has 0 aliphatic carbocycles. The largest absolute Gasteiger partial charge is 0.386 e. The van der Waals surface area contributed by atoms with Crippen molar-refractivity contribution in [1.29, 1.82) is 0 Å². The van der Waals surface area contributed by atoms with Crippen molar-refractivity contribution in [2.75, 3.05) is 5.32 Å². The highest BCUT2D eigenvalue weighted by Crippen LogP contribution is 2.21. The van der Waals surface area contributed by atoms with Crippen molar-refractivity contribution in [3.63, 3.8) is 0 Å². The average Bonchev–Trinajstić information content (AvgIpc) is 2.29. The molecule has 1 N–H and O–H groups in total. The Hall–Kier alpha value is -2.09. The molecule has 16 heavy (non-hydrogen) atoms. The summed E-state index contributed by atoms with van der Waals surface area (Å²) in [7, 11) is 0. The minimum Gasteiger partial charge on any atom is -0.365 e. The summed E-state index contributed by atoms with van der Waals surface area (Å²) in [6.45, 7) is 2.00. The third-order valence-corrected chi connectivity index (χ3v) is 2.07. The maximum Gasteiger partial charge on any atom is 0.386 e. The molecular formula is C11H13N3O2. The first-order valence-corrected chi connectivity index (χ1v) is 5.01. The summed E-state index contributed by atoms with van der Waals surface area (Å²) in [6.07, 6.45) is 8.39. The molecule has 0 aliphatic rings. The van der Waals surface area contributed by atoms with Gasteiger partial charge in [-0.1, -0.05) is 19.3 Å². The molecule has 0 amide bonds. The fourth-order valence-corrected chi connectivity index (χ4v) is 1.33. The number of pyridine rings is 1. The van der Waals surface area contributed by atoms with Gasteiger partial charge in [-0.2, -0.15) is 0 Å². The van der Waals surface area contributed by atoms with Crippen molar-refractivity contribution in [1.82, 2.24) is 4.98 Å². The Balaban J connectivity index is 2.88. The van der Waals surface area contributed by atoms with Crippen LogP contribution in [-0.2, 0) is 0 Å². The van der Waals surface area contributed by atoms with Gasteiger partial charge in [0.25, 0.3) is 0 Å². The van der Waals surface area contributed by atoms with E-state index in [1.54, 1.807) is 12.1 Å². The van der Waals surface area contributed by atoms with Crippen LogP contribution < -0.4 is 5.32 Å². The lowest BCUT2D eigenvalue weighted by Gasteiger charge is -2.12. The molecule has 5 nitrogen and oxygen atoms in total. The van der Waals surface area contributed by atoms with Crippen LogP contribution in [-0.4, -0.2) is 15.9 Å². The molecule has 0 saturated heterocycles. The van der Waals surface area contributed by atoms with E-state index in [9.17, 15) is 10.1 Å². The molecule has 1 aromatic heterocycles. The second-order valence-electron chi connectivity index (χ2n) is 3.28. The average molecular weight is 219 g/mol. The predicted octanol–water partition coefficient (Wildman–Crippen LogP) is 2.20. The Morgan fingerprint density at radius 3 is 3.06 bits per heavy atom. The fraction of sp³-hybridized carbons (Fsp3) is 0.364. The van der Waals surface area contributed by atoms with E-state index in [0.29, 0.717) is 5.69 Å². The van der Waals surface area contributed by atoms with Gasteiger partial charge in [-0.3, -0.25) is 0 Å². The molecule has 1 rings (SSSR count). The molecule has 5 heteroatoms. The van der Waals surface area contributed by atoms with E-state index >= 15 is 0 Å². The Kier molecular flexibility index (Phi) is 4.28. The molecule has 0 saturated carbocycles. The number of hydrogen-bond donors (Lipinski definition) is 1. The number of rotatable bonds is 5. The molecule has 1 atom stereocenters. The molecule has 0 fully saturated rings. The molecular weight excluding hydrogens is 206 g/mol. The van der Waals surface area contributed by atoms with Gasteiger partial charge >= 0.3 is 5.82 Å². The minimum absolute atomic E-state index is 0.196. The zero-order valence-electron chi connectivity index (χ0n) is 9.01. The molecule has 1 unspecified atom stereocenters. The lowest BCUT2D eigenvalue weighted by atomic mass is 10.1. The van der Waals surface area contributed by atoms with Crippen LogP contribution in [0.25, 0.3) is 0 Å². The Morgan fingerprint density at radius 1 is 1.75 bits per heavy atom. The third kappa shape index (κ3) is 2.95. The number of nitrogens with zero attached hydrogens (tertiary/aromatic N) is 2. The number of terminal acetylenes is 1. The summed E-state index contributed by atoms with van der Waals surface area (Å²) in [5.74, 6) is 2.36. The maximum absolute atomic E-state index is 10.7. The van der Waals surface area contributed by atoms with Gasteiger partial charge in [0.2, 0.25) is 0 Å². The van der Waals surface area contributed by atoms with Crippen LogP contribution >= 0.6 is 0 Å². The number of anilines is 1. The Labute approximate surface area is 94.0 Å².